The van der Waals surface area contributed by atoms with E-state index in [1.54, 1.807) is 13.8 Å². The van der Waals surface area contributed by atoms with Gasteiger partial charge in [0.2, 0.25) is 5.79 Å². The van der Waals surface area contributed by atoms with Crippen LogP contribution in [-0.2, 0) is 19.1 Å². The van der Waals surface area contributed by atoms with E-state index in [1.807, 2.05) is 0 Å². The van der Waals surface area contributed by atoms with Crippen molar-refractivity contribution in [3.8, 4) is 0 Å². The third-order valence-corrected chi connectivity index (χ3v) is 13.7. The smallest absolute Gasteiger partial charge is 0.234 e. The minimum absolute atomic E-state index is 0.0187. The lowest BCUT2D eigenvalue weighted by molar-refractivity contribution is -0.236. The Kier molecular flexibility index (Phi) is 4.07. The van der Waals surface area contributed by atoms with Crippen LogP contribution in [0.2, 0.25) is 0 Å². The molecule has 0 aromatic carbocycles. The van der Waals surface area contributed by atoms with Crippen LogP contribution in [0.15, 0.2) is 0 Å². The highest BCUT2D eigenvalue weighted by molar-refractivity contribution is 5.96. The zero-order chi connectivity index (χ0) is 25.2. The van der Waals surface area contributed by atoms with Gasteiger partial charge in [-0.1, -0.05) is 34.6 Å². The maximum absolute atomic E-state index is 14.9. The zero-order valence-electron chi connectivity index (χ0n) is 22.7. The summed E-state index contributed by atoms with van der Waals surface area (Å²) in [6.45, 7) is 14.9. The van der Waals surface area contributed by atoms with Gasteiger partial charge in [0.25, 0.3) is 0 Å². The van der Waals surface area contributed by atoms with E-state index in [9.17, 15) is 14.7 Å². The quantitative estimate of drug-likeness (QED) is 0.562. The van der Waals surface area contributed by atoms with Crippen molar-refractivity contribution in [2.75, 3.05) is 0 Å². The van der Waals surface area contributed by atoms with Crippen molar-refractivity contribution in [2.24, 2.45) is 50.7 Å². The summed E-state index contributed by atoms with van der Waals surface area (Å²) in [5.41, 5.74) is -1.59. The van der Waals surface area contributed by atoms with Gasteiger partial charge in [-0.15, -0.1) is 0 Å². The van der Waals surface area contributed by atoms with E-state index < -0.39 is 22.9 Å². The molecule has 7 aliphatic rings. The van der Waals surface area contributed by atoms with Crippen LogP contribution in [0.3, 0.4) is 0 Å². The fourth-order valence-electron chi connectivity index (χ4n) is 12.2. The molecule has 1 unspecified atom stereocenters. The fourth-order valence-corrected chi connectivity index (χ4v) is 12.2. The van der Waals surface area contributed by atoms with Crippen molar-refractivity contribution in [1.29, 1.82) is 0 Å². The Balaban J connectivity index is 1.34. The van der Waals surface area contributed by atoms with E-state index in [2.05, 4.69) is 34.6 Å². The molecule has 5 saturated carbocycles. The van der Waals surface area contributed by atoms with Crippen molar-refractivity contribution in [3.63, 3.8) is 0 Å². The number of carbonyl (C=O) groups is 2. The molecule has 11 atom stereocenters. The molecule has 0 radical (unpaired) electrons. The summed E-state index contributed by atoms with van der Waals surface area (Å²) in [5, 5.41) is 10.9. The molecule has 7 fully saturated rings. The minimum atomic E-state index is -1.22. The molecule has 194 valence electrons. The van der Waals surface area contributed by atoms with Gasteiger partial charge in [-0.2, -0.15) is 0 Å². The Bertz CT molecular complexity index is 1040. The summed E-state index contributed by atoms with van der Waals surface area (Å²) in [5.74, 6) is 0.471. The third-order valence-electron chi connectivity index (χ3n) is 13.7. The first kappa shape index (κ1) is 23.3. The number of rotatable bonds is 1. The van der Waals surface area contributed by atoms with E-state index >= 15 is 0 Å². The molecule has 5 aliphatic carbocycles. The van der Waals surface area contributed by atoms with Crippen molar-refractivity contribution >= 4 is 11.6 Å². The largest absolute Gasteiger partial charge is 0.388 e. The Morgan fingerprint density at radius 3 is 2.29 bits per heavy atom. The highest BCUT2D eigenvalue weighted by Crippen LogP contribution is 2.89. The van der Waals surface area contributed by atoms with Crippen LogP contribution in [0.25, 0.3) is 0 Å². The number of hydrogen-bond donors (Lipinski definition) is 1. The molecular weight excluding hydrogens is 440 g/mol. The fraction of sp³-hybridized carbons (Fsp3) is 0.933. The van der Waals surface area contributed by atoms with Crippen LogP contribution in [0, 0.1) is 50.7 Å². The summed E-state index contributed by atoms with van der Waals surface area (Å²) in [4.78, 5) is 27.8. The number of Topliss-reactive ketones (excluding diaryl/α,β-unsaturated/α-hetero) is 2. The molecule has 3 spiro atoms. The first-order valence-corrected chi connectivity index (χ1v) is 14.3. The van der Waals surface area contributed by atoms with Crippen LogP contribution in [0.1, 0.15) is 99.8 Å². The lowest BCUT2D eigenvalue weighted by Gasteiger charge is -2.61. The molecular formula is C30H44O5. The molecule has 2 bridgehead atoms. The van der Waals surface area contributed by atoms with Crippen molar-refractivity contribution in [1.82, 2.24) is 0 Å². The Morgan fingerprint density at radius 2 is 1.60 bits per heavy atom. The van der Waals surface area contributed by atoms with Gasteiger partial charge in [-0.05, 0) is 92.8 Å². The molecule has 2 saturated heterocycles. The van der Waals surface area contributed by atoms with Gasteiger partial charge in [-0.25, -0.2) is 0 Å². The Morgan fingerprint density at radius 1 is 0.943 bits per heavy atom. The number of hydrogen-bond acceptors (Lipinski definition) is 5. The van der Waals surface area contributed by atoms with Crippen LogP contribution >= 0.6 is 0 Å². The predicted molar refractivity (Wildman–Crippen MR) is 130 cm³/mol. The van der Waals surface area contributed by atoms with Gasteiger partial charge in [0.1, 0.15) is 11.9 Å². The van der Waals surface area contributed by atoms with Crippen LogP contribution in [-0.4, -0.2) is 40.3 Å². The van der Waals surface area contributed by atoms with E-state index in [1.165, 1.54) is 6.42 Å². The topological polar surface area (TPSA) is 72.8 Å². The molecule has 2 aliphatic heterocycles. The summed E-state index contributed by atoms with van der Waals surface area (Å²) in [7, 11) is 0. The lowest BCUT2D eigenvalue weighted by atomic mass is 9.41. The highest BCUT2D eigenvalue weighted by atomic mass is 16.8. The molecule has 5 heteroatoms. The molecule has 0 amide bonds. The molecule has 5 nitrogen and oxygen atoms in total. The molecule has 2 heterocycles. The summed E-state index contributed by atoms with van der Waals surface area (Å²) >= 11 is 0. The number of aliphatic hydroxyl groups is 1. The maximum atomic E-state index is 14.9. The Hall–Kier alpha value is -0.780. The monoisotopic (exact) mass is 484 g/mol. The molecule has 35 heavy (non-hydrogen) atoms. The summed E-state index contributed by atoms with van der Waals surface area (Å²) in [6, 6.07) is 0. The van der Waals surface area contributed by atoms with E-state index in [4.69, 9.17) is 9.47 Å². The predicted octanol–water partition coefficient (Wildman–Crippen LogP) is 5.07. The third kappa shape index (κ3) is 2.20. The average Bonchev–Trinajstić information content (AvgIpc) is 3.28. The normalized spacial score (nSPS) is 59.8. The van der Waals surface area contributed by atoms with Crippen LogP contribution in [0.5, 0.6) is 0 Å². The number of ether oxygens (including phenoxy) is 2. The van der Waals surface area contributed by atoms with Gasteiger partial charge in [-0.3, -0.25) is 9.59 Å². The van der Waals surface area contributed by atoms with Gasteiger partial charge in [0.15, 0.2) is 5.78 Å². The van der Waals surface area contributed by atoms with Crippen molar-refractivity contribution in [3.05, 3.63) is 0 Å². The summed E-state index contributed by atoms with van der Waals surface area (Å²) in [6.07, 6.45) is 7.28. The van der Waals surface area contributed by atoms with Crippen molar-refractivity contribution in [2.45, 2.75) is 123 Å². The lowest BCUT2D eigenvalue weighted by Crippen LogP contribution is -2.58. The van der Waals surface area contributed by atoms with Gasteiger partial charge in [0.05, 0.1) is 11.7 Å². The van der Waals surface area contributed by atoms with E-state index in [0.29, 0.717) is 30.0 Å². The molecule has 0 aromatic rings. The molecule has 1 N–H and O–H groups in total. The summed E-state index contributed by atoms with van der Waals surface area (Å²) < 4.78 is 13.3. The van der Waals surface area contributed by atoms with Crippen LogP contribution < -0.4 is 0 Å². The zero-order valence-corrected chi connectivity index (χ0v) is 22.7. The second-order valence-corrected chi connectivity index (χ2v) is 15.5. The molecule has 7 rings (SSSR count). The van der Waals surface area contributed by atoms with E-state index in [-0.39, 0.29) is 39.5 Å². The first-order valence-electron chi connectivity index (χ1n) is 14.3. The SMILES string of the molecule is C[C@@H]1C[C@@H]2O[C@@]3(OC2C(C)(C)O)C(=O)[C@@]2(C)[C@@H]4CC[C@H]5C(C)(C)C(=O)CC[C@@]56C[C@@]46CC[C@]2(C)[C@@H]13. The first-order chi connectivity index (χ1) is 16.1. The Labute approximate surface area is 210 Å². The number of fused-ring (bicyclic) bond motifs is 4. The average molecular weight is 485 g/mol. The highest BCUT2D eigenvalue weighted by Gasteiger charge is 2.88. The number of carbonyl (C=O) groups excluding carboxylic acids is 2. The minimum Gasteiger partial charge on any atom is -0.388 e. The molecule has 0 aromatic heterocycles. The second kappa shape index (κ2) is 6.10. The van der Waals surface area contributed by atoms with Crippen LogP contribution in [0.4, 0.5) is 0 Å². The van der Waals surface area contributed by atoms with Crippen molar-refractivity contribution < 1.29 is 24.2 Å². The van der Waals surface area contributed by atoms with E-state index in [0.717, 1.165) is 38.5 Å². The van der Waals surface area contributed by atoms with Gasteiger partial charge >= 0.3 is 0 Å². The maximum Gasteiger partial charge on any atom is 0.234 e. The number of ketones is 2. The van der Waals surface area contributed by atoms with Gasteiger partial charge in [0, 0.05) is 23.2 Å². The standard InChI is InChI=1S/C30H44O5/c1-16-14-17-22(25(4,5)33)35-30(34-17)21(16)26(6)12-13-29-15-28(29)11-10-20(31)24(2,3)18(28)8-9-19(29)27(26,7)23(30)32/h16-19,21-22,33H,8-15H2,1-7H3/t16-,17+,18+,19+,21-,22?,26-,27-,28-,29+,30+/m1/s1. The van der Waals surface area contributed by atoms with Gasteiger partial charge < -0.3 is 14.6 Å². The second-order valence-electron chi connectivity index (χ2n) is 15.5.